The van der Waals surface area contributed by atoms with E-state index in [9.17, 15) is 22.8 Å². The van der Waals surface area contributed by atoms with Crippen LogP contribution in [-0.2, 0) is 4.79 Å². The van der Waals surface area contributed by atoms with E-state index in [-0.39, 0.29) is 17.9 Å². The van der Waals surface area contributed by atoms with Crippen LogP contribution in [0.1, 0.15) is 36.0 Å². The third-order valence-corrected chi connectivity index (χ3v) is 4.57. The third kappa shape index (κ3) is 3.18. The van der Waals surface area contributed by atoms with Crippen LogP contribution in [0.2, 0.25) is 0 Å². The molecule has 1 aliphatic heterocycles. The van der Waals surface area contributed by atoms with Gasteiger partial charge in [-0.3, -0.25) is 9.59 Å². The summed E-state index contributed by atoms with van der Waals surface area (Å²) in [6.07, 6.45) is -0.482. The van der Waals surface area contributed by atoms with E-state index in [2.05, 4.69) is 10.6 Å². The topological polar surface area (TPSA) is 58.2 Å². The number of rotatable bonds is 2. The molecule has 1 saturated heterocycles. The van der Waals surface area contributed by atoms with Crippen molar-refractivity contribution in [1.82, 2.24) is 10.6 Å². The zero-order valence-corrected chi connectivity index (χ0v) is 12.4. The van der Waals surface area contributed by atoms with Crippen LogP contribution in [0.5, 0.6) is 0 Å². The second-order valence-corrected chi connectivity index (χ2v) is 6.41. The van der Waals surface area contributed by atoms with Gasteiger partial charge in [-0.2, -0.15) is 0 Å². The van der Waals surface area contributed by atoms with Crippen LogP contribution in [0.3, 0.4) is 0 Å². The predicted octanol–water partition coefficient (Wildman–Crippen LogP) is 2.25. The van der Waals surface area contributed by atoms with Crippen LogP contribution in [0.25, 0.3) is 0 Å². The second-order valence-electron chi connectivity index (χ2n) is 6.41. The maximum Gasteiger partial charge on any atom is 0.251 e. The van der Waals surface area contributed by atoms with Crippen molar-refractivity contribution >= 4 is 11.8 Å². The lowest BCUT2D eigenvalue weighted by molar-refractivity contribution is -0.142. The number of amides is 2. The smallest absolute Gasteiger partial charge is 0.251 e. The Morgan fingerprint density at radius 2 is 2.09 bits per heavy atom. The van der Waals surface area contributed by atoms with Crippen LogP contribution in [0.15, 0.2) is 24.3 Å². The average molecular weight is 326 g/mol. The molecule has 1 aromatic carbocycles. The Hall–Kier alpha value is -2.05. The number of nitrogens with one attached hydrogen (secondary N) is 2. The lowest BCUT2D eigenvalue weighted by Gasteiger charge is -2.40. The van der Waals surface area contributed by atoms with Gasteiger partial charge in [-0.15, -0.1) is 0 Å². The van der Waals surface area contributed by atoms with Crippen LogP contribution in [-0.4, -0.2) is 30.3 Å². The van der Waals surface area contributed by atoms with Crippen LogP contribution >= 0.6 is 0 Å². The van der Waals surface area contributed by atoms with Gasteiger partial charge in [-0.25, -0.2) is 13.2 Å². The summed E-state index contributed by atoms with van der Waals surface area (Å²) >= 11 is 0. The lowest BCUT2D eigenvalue weighted by atomic mass is 9.69. The molecule has 0 bridgehead atoms. The van der Waals surface area contributed by atoms with Crippen molar-refractivity contribution < 1.29 is 22.8 Å². The Balaban J connectivity index is 1.77. The van der Waals surface area contributed by atoms with Gasteiger partial charge in [-0.1, -0.05) is 6.07 Å². The summed E-state index contributed by atoms with van der Waals surface area (Å²) in [5.74, 6) is -4.57. The van der Waals surface area contributed by atoms with Crippen LogP contribution in [0.4, 0.5) is 13.2 Å². The van der Waals surface area contributed by atoms with Gasteiger partial charge in [0.25, 0.3) is 11.8 Å². The van der Waals surface area contributed by atoms with Crippen molar-refractivity contribution in [3.05, 3.63) is 35.6 Å². The molecule has 1 aromatic rings. The summed E-state index contributed by atoms with van der Waals surface area (Å²) in [6, 6.07) is 4.22. The second kappa shape index (κ2) is 5.54. The van der Waals surface area contributed by atoms with E-state index in [1.165, 1.54) is 18.2 Å². The van der Waals surface area contributed by atoms with E-state index in [1.807, 2.05) is 0 Å². The summed E-state index contributed by atoms with van der Waals surface area (Å²) < 4.78 is 41.3. The van der Waals surface area contributed by atoms with Gasteiger partial charge >= 0.3 is 0 Å². The standard InChI is InChI=1S/C16H17F3N2O2/c17-11-3-1-2-10(6-11)13(22)21-12-7-15(4-5-20-14(15)23)9-16(18,19)8-12/h1-3,6,12H,4-5,7-9H2,(H,20,23)(H,21,22). The maximum atomic E-state index is 14.1. The van der Waals surface area contributed by atoms with Crippen molar-refractivity contribution in [2.24, 2.45) is 5.41 Å². The molecular weight excluding hydrogens is 309 g/mol. The van der Waals surface area contributed by atoms with Crippen molar-refractivity contribution in [3.8, 4) is 0 Å². The van der Waals surface area contributed by atoms with E-state index >= 15 is 0 Å². The molecule has 23 heavy (non-hydrogen) atoms. The molecule has 1 saturated carbocycles. The van der Waals surface area contributed by atoms with Crippen molar-refractivity contribution in [2.45, 2.75) is 37.6 Å². The lowest BCUT2D eigenvalue weighted by Crippen LogP contribution is -2.51. The average Bonchev–Trinajstić information content (AvgIpc) is 2.77. The van der Waals surface area contributed by atoms with Crippen LogP contribution < -0.4 is 10.6 Å². The quantitative estimate of drug-likeness (QED) is 0.876. The molecule has 7 heteroatoms. The number of hydrogen-bond donors (Lipinski definition) is 2. The minimum atomic E-state index is -3.01. The highest BCUT2D eigenvalue weighted by atomic mass is 19.3. The molecule has 1 heterocycles. The number of carbonyl (C=O) groups excluding carboxylic acids is 2. The normalized spacial score (nSPS) is 29.3. The maximum absolute atomic E-state index is 14.1. The minimum Gasteiger partial charge on any atom is -0.356 e. The van der Waals surface area contributed by atoms with Crippen molar-refractivity contribution in [1.29, 1.82) is 0 Å². The fourth-order valence-electron chi connectivity index (χ4n) is 3.62. The fraction of sp³-hybridized carbons (Fsp3) is 0.500. The first-order chi connectivity index (χ1) is 10.8. The molecule has 2 N–H and O–H groups in total. The molecular formula is C16H17F3N2O2. The first-order valence-electron chi connectivity index (χ1n) is 7.52. The van der Waals surface area contributed by atoms with E-state index in [4.69, 9.17) is 0 Å². The summed E-state index contributed by atoms with van der Waals surface area (Å²) in [4.78, 5) is 24.1. The molecule has 2 aliphatic rings. The fourth-order valence-corrected chi connectivity index (χ4v) is 3.62. The Morgan fingerprint density at radius 1 is 1.30 bits per heavy atom. The zero-order valence-electron chi connectivity index (χ0n) is 12.4. The van der Waals surface area contributed by atoms with E-state index < -0.39 is 41.9 Å². The van der Waals surface area contributed by atoms with Gasteiger partial charge in [-0.05, 0) is 31.0 Å². The van der Waals surface area contributed by atoms with Crippen LogP contribution in [0, 0.1) is 11.2 Å². The predicted molar refractivity (Wildman–Crippen MR) is 76.5 cm³/mol. The molecule has 0 radical (unpaired) electrons. The highest BCUT2D eigenvalue weighted by Crippen LogP contribution is 2.48. The highest BCUT2D eigenvalue weighted by molar-refractivity contribution is 5.94. The summed E-state index contributed by atoms with van der Waals surface area (Å²) in [7, 11) is 0. The summed E-state index contributed by atoms with van der Waals surface area (Å²) in [5.41, 5.74) is -1.05. The van der Waals surface area contributed by atoms with E-state index in [1.54, 1.807) is 0 Å². The Morgan fingerprint density at radius 3 is 2.74 bits per heavy atom. The zero-order chi connectivity index (χ0) is 16.7. The van der Waals surface area contributed by atoms with Crippen molar-refractivity contribution in [3.63, 3.8) is 0 Å². The van der Waals surface area contributed by atoms with Gasteiger partial charge in [0, 0.05) is 31.0 Å². The van der Waals surface area contributed by atoms with E-state index in [0.29, 0.717) is 13.0 Å². The number of hydrogen-bond acceptors (Lipinski definition) is 2. The van der Waals surface area contributed by atoms with Gasteiger partial charge in [0.2, 0.25) is 5.91 Å². The molecule has 2 unspecified atom stereocenters. The molecule has 3 rings (SSSR count). The SMILES string of the molecule is O=C(NC1CC(F)(F)CC2(CCNC2=O)C1)c1cccc(F)c1. The molecule has 4 nitrogen and oxygen atoms in total. The minimum absolute atomic E-state index is 0.0730. The molecule has 1 aliphatic carbocycles. The summed E-state index contributed by atoms with van der Waals surface area (Å²) in [6.45, 7) is 0.374. The Kier molecular flexibility index (Phi) is 3.82. The largest absolute Gasteiger partial charge is 0.356 e. The molecule has 124 valence electrons. The monoisotopic (exact) mass is 326 g/mol. The summed E-state index contributed by atoms with van der Waals surface area (Å²) in [5, 5.41) is 5.12. The van der Waals surface area contributed by atoms with Gasteiger partial charge in [0.1, 0.15) is 5.82 Å². The molecule has 2 amide bonds. The Labute approximate surface area is 131 Å². The number of alkyl halides is 2. The Bertz CT molecular complexity index is 650. The first kappa shape index (κ1) is 15.8. The van der Waals surface area contributed by atoms with Crippen molar-refractivity contribution in [2.75, 3.05) is 6.54 Å². The first-order valence-corrected chi connectivity index (χ1v) is 7.52. The molecule has 0 aromatic heterocycles. The molecule has 1 spiro atoms. The third-order valence-electron chi connectivity index (χ3n) is 4.57. The molecule has 2 atom stereocenters. The van der Waals surface area contributed by atoms with Gasteiger partial charge in [0.15, 0.2) is 0 Å². The highest BCUT2D eigenvalue weighted by Gasteiger charge is 2.55. The van der Waals surface area contributed by atoms with E-state index in [0.717, 1.165) is 6.07 Å². The van der Waals surface area contributed by atoms with Gasteiger partial charge in [0.05, 0.1) is 5.41 Å². The number of carbonyl (C=O) groups is 2. The van der Waals surface area contributed by atoms with Gasteiger partial charge < -0.3 is 10.6 Å². The number of benzene rings is 1. The molecule has 2 fully saturated rings. The number of halogens is 3.